The van der Waals surface area contributed by atoms with Gasteiger partial charge >= 0.3 is 0 Å². The van der Waals surface area contributed by atoms with Crippen molar-refractivity contribution in [2.24, 2.45) is 5.84 Å². The standard InChI is InChI=1S/C12H10ClF3N4/c13-7-3-6(1-2-8(7)14)5-18-11-9(15)4-10(16)12(19-11)20-17/h1-4H,5,17H2,(H2,18,19,20). The Morgan fingerprint density at radius 2 is 1.75 bits per heavy atom. The molecule has 1 aromatic heterocycles. The molecule has 0 radical (unpaired) electrons. The zero-order valence-corrected chi connectivity index (χ0v) is 10.8. The van der Waals surface area contributed by atoms with Crippen molar-refractivity contribution in [2.75, 3.05) is 10.7 Å². The number of nitrogens with one attached hydrogen (secondary N) is 2. The zero-order valence-electron chi connectivity index (χ0n) is 10.1. The fraction of sp³-hybridized carbons (Fsp3) is 0.0833. The monoisotopic (exact) mass is 302 g/mol. The van der Waals surface area contributed by atoms with E-state index in [1.165, 1.54) is 18.2 Å². The van der Waals surface area contributed by atoms with Crippen LogP contribution in [0.5, 0.6) is 0 Å². The van der Waals surface area contributed by atoms with Gasteiger partial charge in [-0.1, -0.05) is 17.7 Å². The molecule has 2 aromatic rings. The van der Waals surface area contributed by atoms with E-state index in [0.29, 0.717) is 11.6 Å². The summed E-state index contributed by atoms with van der Waals surface area (Å²) in [7, 11) is 0. The molecule has 0 amide bonds. The molecule has 0 atom stereocenters. The average molecular weight is 303 g/mol. The van der Waals surface area contributed by atoms with E-state index in [4.69, 9.17) is 17.4 Å². The van der Waals surface area contributed by atoms with Gasteiger partial charge in [-0.25, -0.2) is 24.0 Å². The normalized spacial score (nSPS) is 10.4. The van der Waals surface area contributed by atoms with E-state index in [0.717, 1.165) is 0 Å². The average Bonchev–Trinajstić information content (AvgIpc) is 2.41. The van der Waals surface area contributed by atoms with E-state index in [2.05, 4.69) is 10.3 Å². The minimum atomic E-state index is -0.902. The van der Waals surface area contributed by atoms with Crippen LogP contribution < -0.4 is 16.6 Å². The summed E-state index contributed by atoms with van der Waals surface area (Å²) >= 11 is 5.63. The Balaban J connectivity index is 2.16. The first-order chi connectivity index (χ1) is 9.51. The van der Waals surface area contributed by atoms with E-state index in [1.807, 2.05) is 5.43 Å². The van der Waals surface area contributed by atoms with Crippen molar-refractivity contribution in [1.82, 2.24) is 4.98 Å². The first-order valence-corrected chi connectivity index (χ1v) is 5.89. The molecular weight excluding hydrogens is 293 g/mol. The van der Waals surface area contributed by atoms with Crippen LogP contribution in [0, 0.1) is 17.5 Å². The first-order valence-electron chi connectivity index (χ1n) is 5.51. The van der Waals surface area contributed by atoms with Crippen molar-refractivity contribution < 1.29 is 13.2 Å². The highest BCUT2D eigenvalue weighted by atomic mass is 35.5. The number of aromatic nitrogens is 1. The predicted octanol–water partition coefficient (Wildman–Crippen LogP) is 3.05. The number of hydrogen-bond acceptors (Lipinski definition) is 4. The molecule has 0 fully saturated rings. The van der Waals surface area contributed by atoms with Gasteiger partial charge in [-0.3, -0.25) is 0 Å². The van der Waals surface area contributed by atoms with Crippen LogP contribution in [0.4, 0.5) is 24.8 Å². The summed E-state index contributed by atoms with van der Waals surface area (Å²) in [5, 5.41) is 2.61. The molecule has 1 heterocycles. The molecule has 106 valence electrons. The lowest BCUT2D eigenvalue weighted by atomic mass is 10.2. The largest absolute Gasteiger partial charge is 0.363 e. The maximum Gasteiger partial charge on any atom is 0.178 e. The molecule has 0 bridgehead atoms. The molecule has 0 aliphatic heterocycles. The number of nitrogen functional groups attached to an aromatic ring is 1. The van der Waals surface area contributed by atoms with Gasteiger partial charge in [0.25, 0.3) is 0 Å². The van der Waals surface area contributed by atoms with Crippen LogP contribution in [0.25, 0.3) is 0 Å². The molecular formula is C12H10ClF3N4. The second-order valence-electron chi connectivity index (χ2n) is 3.90. The molecule has 0 saturated heterocycles. The van der Waals surface area contributed by atoms with Gasteiger partial charge in [-0.05, 0) is 17.7 Å². The number of nitrogens with zero attached hydrogens (tertiary/aromatic N) is 1. The van der Waals surface area contributed by atoms with Crippen LogP contribution in [0.2, 0.25) is 5.02 Å². The Labute approximate surface area is 117 Å². The second-order valence-corrected chi connectivity index (χ2v) is 4.30. The van der Waals surface area contributed by atoms with E-state index in [9.17, 15) is 13.2 Å². The Morgan fingerprint density at radius 1 is 1.05 bits per heavy atom. The highest BCUT2D eigenvalue weighted by Gasteiger charge is 2.11. The zero-order chi connectivity index (χ0) is 14.7. The minimum absolute atomic E-state index is 0.0406. The van der Waals surface area contributed by atoms with Gasteiger partial charge in [-0.2, -0.15) is 0 Å². The van der Waals surface area contributed by atoms with Crippen LogP contribution in [-0.4, -0.2) is 4.98 Å². The third-order valence-electron chi connectivity index (χ3n) is 2.51. The van der Waals surface area contributed by atoms with Crippen molar-refractivity contribution >= 4 is 23.2 Å². The van der Waals surface area contributed by atoms with Crippen molar-refractivity contribution in [3.63, 3.8) is 0 Å². The van der Waals surface area contributed by atoms with Gasteiger partial charge in [0.05, 0.1) is 5.02 Å². The number of rotatable bonds is 4. The number of anilines is 2. The number of halogens is 4. The lowest BCUT2D eigenvalue weighted by Crippen LogP contribution is -2.13. The Hall–Kier alpha value is -1.99. The molecule has 8 heteroatoms. The number of nitrogens with two attached hydrogens (primary N) is 1. The highest BCUT2D eigenvalue weighted by Crippen LogP contribution is 2.20. The number of benzene rings is 1. The number of pyridine rings is 1. The van der Waals surface area contributed by atoms with E-state index in [1.54, 1.807) is 0 Å². The molecule has 2 rings (SSSR count). The van der Waals surface area contributed by atoms with Crippen molar-refractivity contribution in [3.8, 4) is 0 Å². The van der Waals surface area contributed by atoms with E-state index in [-0.39, 0.29) is 23.2 Å². The van der Waals surface area contributed by atoms with E-state index >= 15 is 0 Å². The quantitative estimate of drug-likeness (QED) is 0.600. The molecule has 4 nitrogen and oxygen atoms in total. The third-order valence-corrected chi connectivity index (χ3v) is 2.80. The molecule has 1 aromatic carbocycles. The molecule has 0 saturated carbocycles. The van der Waals surface area contributed by atoms with Crippen molar-refractivity contribution in [3.05, 3.63) is 52.3 Å². The molecule has 0 aliphatic rings. The number of hydrazine groups is 1. The van der Waals surface area contributed by atoms with Gasteiger partial charge in [0.2, 0.25) is 0 Å². The second kappa shape index (κ2) is 5.98. The van der Waals surface area contributed by atoms with Crippen LogP contribution in [0.15, 0.2) is 24.3 Å². The Kier molecular flexibility index (Phi) is 4.31. The van der Waals surface area contributed by atoms with Gasteiger partial charge in [-0.15, -0.1) is 0 Å². The fourth-order valence-electron chi connectivity index (χ4n) is 1.53. The van der Waals surface area contributed by atoms with Gasteiger partial charge in [0.1, 0.15) is 5.82 Å². The Morgan fingerprint density at radius 3 is 2.40 bits per heavy atom. The summed E-state index contributed by atoms with van der Waals surface area (Å²) in [5.41, 5.74) is 2.63. The van der Waals surface area contributed by atoms with Crippen molar-refractivity contribution in [1.29, 1.82) is 0 Å². The molecule has 20 heavy (non-hydrogen) atoms. The summed E-state index contributed by atoms with van der Waals surface area (Å²) in [6.07, 6.45) is 0. The SMILES string of the molecule is NNc1nc(NCc2ccc(F)c(Cl)c2)c(F)cc1F. The molecule has 0 spiro atoms. The highest BCUT2D eigenvalue weighted by molar-refractivity contribution is 6.30. The van der Waals surface area contributed by atoms with Crippen LogP contribution in [-0.2, 0) is 6.54 Å². The van der Waals surface area contributed by atoms with Crippen LogP contribution >= 0.6 is 11.6 Å². The van der Waals surface area contributed by atoms with Gasteiger partial charge in [0, 0.05) is 12.6 Å². The summed E-state index contributed by atoms with van der Waals surface area (Å²) in [4.78, 5) is 3.64. The smallest absolute Gasteiger partial charge is 0.178 e. The lowest BCUT2D eigenvalue weighted by molar-refractivity contribution is 0.578. The van der Waals surface area contributed by atoms with Gasteiger partial charge < -0.3 is 10.7 Å². The lowest BCUT2D eigenvalue weighted by Gasteiger charge is -2.09. The fourth-order valence-corrected chi connectivity index (χ4v) is 1.73. The predicted molar refractivity (Wildman–Crippen MR) is 70.7 cm³/mol. The summed E-state index contributed by atoms with van der Waals surface area (Å²) in [6.45, 7) is 0.138. The summed E-state index contributed by atoms with van der Waals surface area (Å²) in [6, 6.07) is 4.73. The Bertz CT molecular complexity index is 636. The maximum atomic E-state index is 13.5. The molecule has 0 unspecified atom stereocenters. The first kappa shape index (κ1) is 14.4. The summed E-state index contributed by atoms with van der Waals surface area (Å²) < 4.78 is 39.6. The van der Waals surface area contributed by atoms with Crippen LogP contribution in [0.1, 0.15) is 5.56 Å². The minimum Gasteiger partial charge on any atom is -0.363 e. The van der Waals surface area contributed by atoms with Crippen molar-refractivity contribution in [2.45, 2.75) is 6.54 Å². The van der Waals surface area contributed by atoms with Crippen LogP contribution in [0.3, 0.4) is 0 Å². The van der Waals surface area contributed by atoms with E-state index < -0.39 is 17.5 Å². The number of hydrogen-bond donors (Lipinski definition) is 3. The summed E-state index contributed by atoms with van der Waals surface area (Å²) in [5.74, 6) is 2.27. The molecule has 0 aliphatic carbocycles. The topological polar surface area (TPSA) is 63.0 Å². The maximum absolute atomic E-state index is 13.5. The molecule has 4 N–H and O–H groups in total. The third kappa shape index (κ3) is 3.12. The van der Waals surface area contributed by atoms with Gasteiger partial charge in [0.15, 0.2) is 23.3 Å².